The molecule has 0 aromatic carbocycles. The number of halogens is 1. The van der Waals surface area contributed by atoms with Crippen molar-refractivity contribution in [3.05, 3.63) is 16.4 Å². The summed E-state index contributed by atoms with van der Waals surface area (Å²) in [6, 6.07) is 0.202. The van der Waals surface area contributed by atoms with E-state index in [2.05, 4.69) is 10.5 Å². The van der Waals surface area contributed by atoms with Crippen LogP contribution in [0.2, 0.25) is 5.02 Å². The van der Waals surface area contributed by atoms with Crippen LogP contribution in [0.1, 0.15) is 43.5 Å². The van der Waals surface area contributed by atoms with Crippen LogP contribution in [0.25, 0.3) is 0 Å². The smallest absolute Gasteiger partial charge is 0.0847 e. The molecule has 114 valence electrons. The zero-order chi connectivity index (χ0) is 14.5. The lowest BCUT2D eigenvalue weighted by Crippen LogP contribution is -2.38. The molecule has 1 aliphatic heterocycles. The Morgan fingerprint density at radius 1 is 1.55 bits per heavy atom. The second-order valence-electron chi connectivity index (χ2n) is 5.60. The van der Waals surface area contributed by atoms with E-state index in [0.29, 0.717) is 6.10 Å². The Kier molecular flexibility index (Phi) is 5.84. The van der Waals surface area contributed by atoms with E-state index >= 15 is 0 Å². The van der Waals surface area contributed by atoms with Gasteiger partial charge in [-0.15, -0.1) is 0 Å². The van der Waals surface area contributed by atoms with E-state index in [4.69, 9.17) is 22.2 Å². The molecule has 0 spiro atoms. The Morgan fingerprint density at radius 3 is 2.90 bits per heavy atom. The lowest BCUT2D eigenvalue weighted by Gasteiger charge is -2.24. The minimum Gasteiger partial charge on any atom is -0.378 e. The minimum absolute atomic E-state index is 0.202. The molecule has 1 aliphatic rings. The van der Waals surface area contributed by atoms with Crippen molar-refractivity contribution in [3.63, 3.8) is 0 Å². The van der Waals surface area contributed by atoms with E-state index in [0.717, 1.165) is 42.3 Å². The van der Waals surface area contributed by atoms with Crippen LogP contribution in [0.5, 0.6) is 0 Å². The van der Waals surface area contributed by atoms with Gasteiger partial charge in [0.25, 0.3) is 0 Å². The predicted octanol–water partition coefficient (Wildman–Crippen LogP) is 2.11. The van der Waals surface area contributed by atoms with Crippen LogP contribution in [-0.2, 0) is 18.2 Å². The average molecular weight is 301 g/mol. The third kappa shape index (κ3) is 3.95. The molecule has 1 aromatic heterocycles. The van der Waals surface area contributed by atoms with Crippen molar-refractivity contribution >= 4 is 11.6 Å². The summed E-state index contributed by atoms with van der Waals surface area (Å²) in [6.07, 6.45) is 6.85. The molecule has 5 nitrogen and oxygen atoms in total. The fraction of sp³-hybridized carbons (Fsp3) is 0.786. The Labute approximate surface area is 125 Å². The number of hydrogen-bond donors (Lipinski definition) is 2. The molecule has 0 amide bonds. The maximum Gasteiger partial charge on any atom is 0.0847 e. The Balaban J connectivity index is 1.88. The van der Waals surface area contributed by atoms with Crippen LogP contribution < -0.4 is 11.3 Å². The monoisotopic (exact) mass is 300 g/mol. The summed E-state index contributed by atoms with van der Waals surface area (Å²) >= 11 is 6.29. The molecule has 2 atom stereocenters. The zero-order valence-electron chi connectivity index (χ0n) is 12.4. The van der Waals surface area contributed by atoms with Crippen molar-refractivity contribution in [2.24, 2.45) is 12.9 Å². The van der Waals surface area contributed by atoms with Crippen LogP contribution in [0, 0.1) is 6.92 Å². The van der Waals surface area contributed by atoms with Crippen molar-refractivity contribution < 1.29 is 4.74 Å². The first-order chi connectivity index (χ1) is 9.61. The standard InChI is InChI=1S/C14H25ClN4O/c1-10-14(15)13(19(2)18-10)9-11(17-16)6-7-12-5-3-4-8-20-12/h11-12,17H,3-9,16H2,1-2H3. The molecule has 0 radical (unpaired) electrons. The Morgan fingerprint density at radius 2 is 2.35 bits per heavy atom. The molecule has 3 N–H and O–H groups in total. The van der Waals surface area contributed by atoms with Gasteiger partial charge in [0.05, 0.1) is 22.5 Å². The highest BCUT2D eigenvalue weighted by atomic mass is 35.5. The fourth-order valence-electron chi connectivity index (χ4n) is 2.80. The largest absolute Gasteiger partial charge is 0.378 e. The topological polar surface area (TPSA) is 65.1 Å². The van der Waals surface area contributed by atoms with Crippen LogP contribution in [0.15, 0.2) is 0 Å². The number of nitrogens with one attached hydrogen (secondary N) is 1. The molecule has 2 unspecified atom stereocenters. The number of nitrogens with two attached hydrogens (primary N) is 1. The third-order valence-electron chi connectivity index (χ3n) is 4.05. The molecular weight excluding hydrogens is 276 g/mol. The first-order valence-electron chi connectivity index (χ1n) is 7.37. The lowest BCUT2D eigenvalue weighted by atomic mass is 9.99. The summed E-state index contributed by atoms with van der Waals surface area (Å²) < 4.78 is 7.61. The highest BCUT2D eigenvalue weighted by molar-refractivity contribution is 6.31. The number of hydrazine groups is 1. The summed E-state index contributed by atoms with van der Waals surface area (Å²) in [5.74, 6) is 5.68. The maximum atomic E-state index is 6.29. The van der Waals surface area contributed by atoms with Gasteiger partial charge in [-0.05, 0) is 39.0 Å². The van der Waals surface area contributed by atoms with Gasteiger partial charge in [0, 0.05) is 26.1 Å². The fourth-order valence-corrected chi connectivity index (χ4v) is 3.04. The second-order valence-corrected chi connectivity index (χ2v) is 5.98. The summed E-state index contributed by atoms with van der Waals surface area (Å²) in [6.45, 7) is 2.82. The maximum absolute atomic E-state index is 6.29. The van der Waals surface area contributed by atoms with Crippen LogP contribution in [-0.4, -0.2) is 28.5 Å². The van der Waals surface area contributed by atoms with Gasteiger partial charge in [-0.3, -0.25) is 16.0 Å². The molecule has 0 bridgehead atoms. The number of ether oxygens (including phenoxy) is 1. The zero-order valence-corrected chi connectivity index (χ0v) is 13.1. The number of hydrogen-bond acceptors (Lipinski definition) is 4. The van der Waals surface area contributed by atoms with Gasteiger partial charge < -0.3 is 4.74 Å². The SMILES string of the molecule is Cc1nn(C)c(CC(CCC2CCCCO2)NN)c1Cl. The molecule has 1 fully saturated rings. The Bertz CT molecular complexity index is 429. The predicted molar refractivity (Wildman–Crippen MR) is 80.6 cm³/mol. The van der Waals surface area contributed by atoms with Crippen molar-refractivity contribution in [3.8, 4) is 0 Å². The lowest BCUT2D eigenvalue weighted by molar-refractivity contribution is 0.00856. The molecule has 2 heterocycles. The van der Waals surface area contributed by atoms with Gasteiger partial charge >= 0.3 is 0 Å². The molecule has 20 heavy (non-hydrogen) atoms. The summed E-state index contributed by atoms with van der Waals surface area (Å²) in [5.41, 5.74) is 4.81. The van der Waals surface area contributed by atoms with E-state index < -0.39 is 0 Å². The van der Waals surface area contributed by atoms with E-state index in [9.17, 15) is 0 Å². The van der Waals surface area contributed by atoms with E-state index in [1.165, 1.54) is 19.3 Å². The van der Waals surface area contributed by atoms with Crippen molar-refractivity contribution in [1.29, 1.82) is 0 Å². The Hall–Kier alpha value is -0.620. The van der Waals surface area contributed by atoms with Gasteiger partial charge in [0.2, 0.25) is 0 Å². The molecule has 0 saturated carbocycles. The van der Waals surface area contributed by atoms with Crippen molar-refractivity contribution in [2.45, 2.75) is 57.6 Å². The molecule has 1 saturated heterocycles. The summed E-state index contributed by atoms with van der Waals surface area (Å²) in [4.78, 5) is 0. The van der Waals surface area contributed by atoms with E-state index in [1.54, 1.807) is 0 Å². The third-order valence-corrected chi connectivity index (χ3v) is 4.54. The molecule has 2 rings (SSSR count). The van der Waals surface area contributed by atoms with Gasteiger partial charge in [0.15, 0.2) is 0 Å². The average Bonchev–Trinajstić information content (AvgIpc) is 2.70. The van der Waals surface area contributed by atoms with Crippen LogP contribution in [0.3, 0.4) is 0 Å². The molecular formula is C14H25ClN4O. The van der Waals surface area contributed by atoms with Crippen molar-refractivity contribution in [1.82, 2.24) is 15.2 Å². The quantitative estimate of drug-likeness (QED) is 0.624. The minimum atomic E-state index is 0.202. The highest BCUT2D eigenvalue weighted by Gasteiger charge is 2.19. The van der Waals surface area contributed by atoms with Crippen molar-refractivity contribution in [2.75, 3.05) is 6.61 Å². The number of rotatable bonds is 6. The normalized spacial score (nSPS) is 21.1. The number of aryl methyl sites for hydroxylation is 2. The van der Waals surface area contributed by atoms with Gasteiger partial charge in [-0.2, -0.15) is 5.10 Å². The summed E-state index contributed by atoms with van der Waals surface area (Å²) in [5, 5.41) is 5.09. The number of aromatic nitrogens is 2. The van der Waals surface area contributed by atoms with Gasteiger partial charge in [-0.25, -0.2) is 0 Å². The van der Waals surface area contributed by atoms with Gasteiger partial charge in [-0.1, -0.05) is 11.6 Å². The number of nitrogens with zero attached hydrogens (tertiary/aromatic N) is 2. The van der Waals surface area contributed by atoms with E-state index in [-0.39, 0.29) is 6.04 Å². The van der Waals surface area contributed by atoms with E-state index in [1.807, 2.05) is 18.7 Å². The molecule has 1 aromatic rings. The molecule has 6 heteroatoms. The van der Waals surface area contributed by atoms with Crippen LogP contribution in [0.4, 0.5) is 0 Å². The highest BCUT2D eigenvalue weighted by Crippen LogP contribution is 2.23. The molecule has 0 aliphatic carbocycles. The van der Waals surface area contributed by atoms with Gasteiger partial charge in [0.1, 0.15) is 0 Å². The first-order valence-corrected chi connectivity index (χ1v) is 7.75. The van der Waals surface area contributed by atoms with Crippen LogP contribution >= 0.6 is 11.6 Å². The first kappa shape index (κ1) is 15.8. The second kappa shape index (κ2) is 7.41. The summed E-state index contributed by atoms with van der Waals surface area (Å²) in [7, 11) is 1.92.